The Hall–Kier alpha value is -3.62. The second kappa shape index (κ2) is 8.17. The first kappa shape index (κ1) is 18.2. The lowest BCUT2D eigenvalue weighted by Crippen LogP contribution is -2.30. The molecule has 0 saturated carbocycles. The predicted octanol–water partition coefficient (Wildman–Crippen LogP) is 1.89. The molecule has 2 aromatic heterocycles. The molecular formula is C18H17N5O4. The summed E-state index contributed by atoms with van der Waals surface area (Å²) in [6, 6.07) is 8.67. The van der Waals surface area contributed by atoms with Crippen LogP contribution in [0, 0.1) is 0 Å². The molecule has 9 heteroatoms. The van der Waals surface area contributed by atoms with Crippen LogP contribution in [-0.2, 0) is 14.3 Å². The zero-order valence-corrected chi connectivity index (χ0v) is 14.5. The smallest absolute Gasteiger partial charge is 0.307 e. The van der Waals surface area contributed by atoms with Gasteiger partial charge in [-0.05, 0) is 6.92 Å². The fraction of sp³-hybridized carbons (Fsp3) is 0.222. The number of amides is 1. The molecule has 1 atom stereocenters. The number of anilines is 1. The zero-order valence-electron chi connectivity index (χ0n) is 14.5. The minimum Gasteiger partial charge on any atom is -0.453 e. The maximum Gasteiger partial charge on any atom is 0.307 e. The zero-order chi connectivity index (χ0) is 19.2. The van der Waals surface area contributed by atoms with E-state index < -0.39 is 18.0 Å². The third-order valence-corrected chi connectivity index (χ3v) is 3.79. The molecule has 0 bridgehead atoms. The van der Waals surface area contributed by atoms with Crippen LogP contribution in [-0.4, -0.2) is 43.7 Å². The summed E-state index contributed by atoms with van der Waals surface area (Å²) in [4.78, 5) is 50.9. The normalized spacial score (nSPS) is 11.7. The van der Waals surface area contributed by atoms with Crippen molar-refractivity contribution >= 4 is 34.6 Å². The molecule has 1 amide bonds. The SMILES string of the molecule is CC(OC(=O)CCC(=O)c1ccccc1)C(=O)Nc1ncnc2nc[nH]c12. The van der Waals surface area contributed by atoms with Crippen molar-refractivity contribution in [1.29, 1.82) is 0 Å². The highest BCUT2D eigenvalue weighted by Gasteiger charge is 2.20. The van der Waals surface area contributed by atoms with Crippen LogP contribution in [0.15, 0.2) is 43.0 Å². The van der Waals surface area contributed by atoms with Gasteiger partial charge < -0.3 is 15.0 Å². The van der Waals surface area contributed by atoms with E-state index in [4.69, 9.17) is 4.74 Å². The molecule has 138 valence electrons. The van der Waals surface area contributed by atoms with Crippen LogP contribution in [0.5, 0.6) is 0 Å². The number of H-pyrrole nitrogens is 1. The fourth-order valence-corrected chi connectivity index (χ4v) is 2.37. The number of ketones is 1. The highest BCUT2D eigenvalue weighted by atomic mass is 16.5. The predicted molar refractivity (Wildman–Crippen MR) is 95.9 cm³/mol. The van der Waals surface area contributed by atoms with Gasteiger partial charge in [-0.15, -0.1) is 0 Å². The molecule has 0 aliphatic rings. The number of benzene rings is 1. The summed E-state index contributed by atoms with van der Waals surface area (Å²) in [6.45, 7) is 1.44. The van der Waals surface area contributed by atoms with E-state index in [9.17, 15) is 14.4 Å². The second-order valence-electron chi connectivity index (χ2n) is 5.73. The van der Waals surface area contributed by atoms with E-state index in [-0.39, 0.29) is 24.4 Å². The Morgan fingerprint density at radius 2 is 1.89 bits per heavy atom. The van der Waals surface area contributed by atoms with Gasteiger partial charge in [0.05, 0.1) is 12.7 Å². The Bertz CT molecular complexity index is 970. The summed E-state index contributed by atoms with van der Waals surface area (Å²) in [5.74, 6) is -1.10. The number of rotatable bonds is 7. The van der Waals surface area contributed by atoms with Crippen molar-refractivity contribution in [2.45, 2.75) is 25.9 Å². The van der Waals surface area contributed by atoms with Crippen molar-refractivity contribution in [3.05, 3.63) is 48.5 Å². The molecular weight excluding hydrogens is 350 g/mol. The lowest BCUT2D eigenvalue weighted by atomic mass is 10.1. The van der Waals surface area contributed by atoms with Gasteiger partial charge in [0.1, 0.15) is 11.8 Å². The Morgan fingerprint density at radius 1 is 1.11 bits per heavy atom. The van der Waals surface area contributed by atoms with Gasteiger partial charge in [-0.25, -0.2) is 15.0 Å². The van der Waals surface area contributed by atoms with Crippen LogP contribution in [0.1, 0.15) is 30.1 Å². The number of esters is 1. The van der Waals surface area contributed by atoms with Crippen LogP contribution in [0.3, 0.4) is 0 Å². The van der Waals surface area contributed by atoms with Crippen LogP contribution in [0.2, 0.25) is 0 Å². The van der Waals surface area contributed by atoms with Crippen LogP contribution in [0.4, 0.5) is 5.82 Å². The maximum atomic E-state index is 12.2. The molecule has 3 rings (SSSR count). The Morgan fingerprint density at radius 3 is 2.67 bits per heavy atom. The van der Waals surface area contributed by atoms with Crippen LogP contribution >= 0.6 is 0 Å². The number of nitrogens with zero attached hydrogens (tertiary/aromatic N) is 3. The molecule has 0 fully saturated rings. The van der Waals surface area contributed by atoms with Crippen LogP contribution < -0.4 is 5.32 Å². The van der Waals surface area contributed by atoms with Gasteiger partial charge in [0.2, 0.25) is 0 Å². The standard InChI is InChI=1S/C18H17N5O4/c1-11(18(26)23-17-15-16(20-9-19-15)21-10-22-17)27-14(25)8-7-13(24)12-5-3-2-4-6-12/h2-6,9-11H,7-8H2,1H3,(H2,19,20,21,22,23,26). The van der Waals surface area contributed by atoms with Crippen molar-refractivity contribution in [1.82, 2.24) is 19.9 Å². The number of hydrogen-bond donors (Lipinski definition) is 2. The van der Waals surface area contributed by atoms with E-state index in [2.05, 4.69) is 25.3 Å². The molecule has 2 heterocycles. The summed E-state index contributed by atoms with van der Waals surface area (Å²) in [5, 5.41) is 2.56. The average molecular weight is 367 g/mol. The third kappa shape index (κ3) is 4.51. The number of ether oxygens (including phenoxy) is 1. The lowest BCUT2D eigenvalue weighted by Gasteiger charge is -2.13. The summed E-state index contributed by atoms with van der Waals surface area (Å²) in [7, 11) is 0. The maximum absolute atomic E-state index is 12.2. The van der Waals surface area contributed by atoms with E-state index >= 15 is 0 Å². The highest BCUT2D eigenvalue weighted by Crippen LogP contribution is 2.15. The summed E-state index contributed by atoms with van der Waals surface area (Å²) in [6.07, 6.45) is 1.56. The largest absolute Gasteiger partial charge is 0.453 e. The van der Waals surface area contributed by atoms with Gasteiger partial charge in [-0.3, -0.25) is 14.4 Å². The molecule has 9 nitrogen and oxygen atoms in total. The molecule has 0 spiro atoms. The molecule has 3 aromatic rings. The first-order valence-corrected chi connectivity index (χ1v) is 8.27. The monoisotopic (exact) mass is 367 g/mol. The van der Waals surface area contributed by atoms with Gasteiger partial charge >= 0.3 is 5.97 Å². The van der Waals surface area contributed by atoms with Crippen molar-refractivity contribution in [3.63, 3.8) is 0 Å². The number of hydrogen-bond acceptors (Lipinski definition) is 7. The van der Waals surface area contributed by atoms with Crippen molar-refractivity contribution < 1.29 is 19.1 Å². The van der Waals surface area contributed by atoms with Gasteiger partial charge in [0.25, 0.3) is 5.91 Å². The Labute approximate surface area is 154 Å². The summed E-state index contributed by atoms with van der Waals surface area (Å²) in [5.41, 5.74) is 1.41. The van der Waals surface area contributed by atoms with E-state index in [1.165, 1.54) is 19.6 Å². The topological polar surface area (TPSA) is 127 Å². The lowest BCUT2D eigenvalue weighted by molar-refractivity contribution is -0.153. The minimum atomic E-state index is -1.04. The number of carbonyl (C=O) groups excluding carboxylic acids is 3. The minimum absolute atomic E-state index is 0.0118. The third-order valence-electron chi connectivity index (χ3n) is 3.79. The first-order chi connectivity index (χ1) is 13.0. The second-order valence-corrected chi connectivity index (χ2v) is 5.73. The number of nitrogens with one attached hydrogen (secondary N) is 2. The molecule has 0 aliphatic carbocycles. The number of imidazole rings is 1. The van der Waals surface area contributed by atoms with Crippen molar-refractivity contribution in [2.75, 3.05) is 5.32 Å². The number of aromatic amines is 1. The summed E-state index contributed by atoms with van der Waals surface area (Å²) >= 11 is 0. The quantitative estimate of drug-likeness (QED) is 0.482. The van der Waals surface area contributed by atoms with E-state index in [0.717, 1.165) is 0 Å². The van der Waals surface area contributed by atoms with E-state index in [1.54, 1.807) is 30.3 Å². The van der Waals surface area contributed by atoms with E-state index in [1.807, 2.05) is 0 Å². The van der Waals surface area contributed by atoms with Crippen molar-refractivity contribution in [2.24, 2.45) is 0 Å². The van der Waals surface area contributed by atoms with Crippen LogP contribution in [0.25, 0.3) is 11.2 Å². The van der Waals surface area contributed by atoms with Gasteiger partial charge in [-0.1, -0.05) is 30.3 Å². The highest BCUT2D eigenvalue weighted by molar-refractivity contribution is 6.00. The average Bonchev–Trinajstić information content (AvgIpc) is 3.16. The number of fused-ring (bicyclic) bond motifs is 1. The molecule has 0 aliphatic heterocycles. The van der Waals surface area contributed by atoms with Crippen molar-refractivity contribution in [3.8, 4) is 0 Å². The molecule has 0 radical (unpaired) electrons. The first-order valence-electron chi connectivity index (χ1n) is 8.27. The Kier molecular flexibility index (Phi) is 5.50. The number of Topliss-reactive ketones (excluding diaryl/α,β-unsaturated/α-hetero) is 1. The Balaban J connectivity index is 1.51. The van der Waals surface area contributed by atoms with Gasteiger partial charge in [-0.2, -0.15) is 0 Å². The number of aromatic nitrogens is 4. The fourth-order valence-electron chi connectivity index (χ4n) is 2.37. The molecule has 1 unspecified atom stereocenters. The number of carbonyl (C=O) groups is 3. The molecule has 2 N–H and O–H groups in total. The molecule has 1 aromatic carbocycles. The molecule has 0 saturated heterocycles. The van der Waals surface area contributed by atoms with Gasteiger partial charge in [0, 0.05) is 12.0 Å². The van der Waals surface area contributed by atoms with E-state index in [0.29, 0.717) is 16.7 Å². The summed E-state index contributed by atoms with van der Waals surface area (Å²) < 4.78 is 5.09. The molecule has 27 heavy (non-hydrogen) atoms. The van der Waals surface area contributed by atoms with Gasteiger partial charge in [0.15, 0.2) is 23.4 Å².